The molecule has 2 aromatic rings. The molecule has 1 aromatic carbocycles. The normalized spacial score (nSPS) is 10.4. The van der Waals surface area contributed by atoms with E-state index in [9.17, 15) is 4.79 Å². The summed E-state index contributed by atoms with van der Waals surface area (Å²) in [6, 6.07) is 7.65. The molecule has 106 valence electrons. The summed E-state index contributed by atoms with van der Waals surface area (Å²) in [4.78, 5) is 11.6. The Morgan fingerprint density at radius 1 is 1.35 bits per heavy atom. The van der Waals surface area contributed by atoms with Gasteiger partial charge in [-0.3, -0.25) is 4.79 Å². The van der Waals surface area contributed by atoms with Gasteiger partial charge >= 0.3 is 5.97 Å². The van der Waals surface area contributed by atoms with E-state index in [1.165, 1.54) is 0 Å². The largest absolute Gasteiger partial charge is 0.484 e. The van der Waals surface area contributed by atoms with Crippen LogP contribution < -0.4 is 4.74 Å². The molecule has 0 atom stereocenters. The van der Waals surface area contributed by atoms with Crippen LogP contribution in [-0.2, 0) is 11.4 Å². The van der Waals surface area contributed by atoms with Gasteiger partial charge in [0.1, 0.15) is 11.5 Å². The van der Waals surface area contributed by atoms with E-state index in [2.05, 4.69) is 10.2 Å². The summed E-state index contributed by atoms with van der Waals surface area (Å²) in [6.45, 7) is 0.152. The third-order valence-electron chi connectivity index (χ3n) is 2.19. The Morgan fingerprint density at radius 2 is 2.10 bits per heavy atom. The molecule has 1 heterocycles. The number of carboxylic acid groups (broad SMARTS) is 1. The lowest BCUT2D eigenvalue weighted by Gasteiger charge is -2.03. The number of hydrogen-bond acceptors (Lipinski definition) is 7. The predicted molar refractivity (Wildman–Crippen MR) is 75.2 cm³/mol. The molecule has 6 nitrogen and oxygen atoms in total. The first-order valence-electron chi connectivity index (χ1n) is 5.61. The molecule has 0 fully saturated rings. The number of aliphatic carboxylic acids is 1. The minimum absolute atomic E-state index is 0.112. The molecule has 0 bridgehead atoms. The molecule has 1 aromatic heterocycles. The molecule has 8 heteroatoms. The minimum Gasteiger partial charge on any atom is -0.484 e. The molecule has 0 spiro atoms. The lowest BCUT2D eigenvalue weighted by atomic mass is 10.3. The van der Waals surface area contributed by atoms with Crippen LogP contribution in [0.3, 0.4) is 0 Å². The van der Waals surface area contributed by atoms with Gasteiger partial charge in [-0.15, -0.1) is 22.0 Å². The van der Waals surface area contributed by atoms with Crippen molar-refractivity contribution in [3.8, 4) is 5.75 Å². The van der Waals surface area contributed by atoms with Gasteiger partial charge in [0.2, 0.25) is 0 Å². The SMILES string of the molecule is CSc1ccc(OCc2nnc(SCC(=O)O)o2)cc1. The summed E-state index contributed by atoms with van der Waals surface area (Å²) < 4.78 is 10.7. The molecule has 20 heavy (non-hydrogen) atoms. The zero-order valence-electron chi connectivity index (χ0n) is 10.6. The fraction of sp³-hybridized carbons (Fsp3) is 0.250. The van der Waals surface area contributed by atoms with Crippen molar-refractivity contribution < 1.29 is 19.1 Å². The Kier molecular flexibility index (Phi) is 5.31. The highest BCUT2D eigenvalue weighted by atomic mass is 32.2. The van der Waals surface area contributed by atoms with Crippen LogP contribution in [0, 0.1) is 0 Å². The zero-order valence-corrected chi connectivity index (χ0v) is 12.2. The Bertz CT molecular complexity index is 571. The summed E-state index contributed by atoms with van der Waals surface area (Å²) in [5.74, 6) is -0.0222. The highest BCUT2D eigenvalue weighted by Gasteiger charge is 2.09. The second kappa shape index (κ2) is 7.20. The fourth-order valence-corrected chi connectivity index (χ4v) is 2.20. The summed E-state index contributed by atoms with van der Waals surface area (Å²) in [5, 5.41) is 16.3. The van der Waals surface area contributed by atoms with E-state index < -0.39 is 5.97 Å². The third kappa shape index (κ3) is 4.46. The van der Waals surface area contributed by atoms with Crippen molar-refractivity contribution in [1.82, 2.24) is 10.2 Å². The fourth-order valence-electron chi connectivity index (χ4n) is 1.30. The number of thioether (sulfide) groups is 2. The van der Waals surface area contributed by atoms with Crippen LogP contribution in [-0.4, -0.2) is 33.3 Å². The van der Waals surface area contributed by atoms with Crippen LogP contribution in [0.25, 0.3) is 0 Å². The highest BCUT2D eigenvalue weighted by Crippen LogP contribution is 2.20. The highest BCUT2D eigenvalue weighted by molar-refractivity contribution is 7.99. The average molecular weight is 312 g/mol. The smallest absolute Gasteiger partial charge is 0.314 e. The van der Waals surface area contributed by atoms with Gasteiger partial charge in [0, 0.05) is 4.90 Å². The standard InChI is InChI=1S/C12H12N2O4S2/c1-19-9-4-2-8(3-5-9)17-6-10-13-14-12(18-10)20-7-11(15)16/h2-5H,6-7H2,1H3,(H,15,16). The second-order valence-corrected chi connectivity index (χ2v) is 5.41. The van der Waals surface area contributed by atoms with Crippen molar-refractivity contribution in [3.63, 3.8) is 0 Å². The Hall–Kier alpha value is -1.67. The molecule has 0 aliphatic heterocycles. The van der Waals surface area contributed by atoms with E-state index in [0.717, 1.165) is 16.7 Å². The van der Waals surface area contributed by atoms with E-state index in [-0.39, 0.29) is 17.6 Å². The average Bonchev–Trinajstić information content (AvgIpc) is 2.91. The first-order valence-corrected chi connectivity index (χ1v) is 7.82. The van der Waals surface area contributed by atoms with Crippen LogP contribution in [0.4, 0.5) is 0 Å². The van der Waals surface area contributed by atoms with Crippen molar-refractivity contribution in [2.45, 2.75) is 16.7 Å². The molecule has 1 N–H and O–H groups in total. The number of rotatable bonds is 7. The van der Waals surface area contributed by atoms with Gasteiger partial charge in [-0.25, -0.2) is 0 Å². The van der Waals surface area contributed by atoms with Crippen molar-refractivity contribution in [1.29, 1.82) is 0 Å². The van der Waals surface area contributed by atoms with E-state index in [4.69, 9.17) is 14.3 Å². The molecule has 0 saturated heterocycles. The van der Waals surface area contributed by atoms with E-state index in [1.807, 2.05) is 30.5 Å². The first-order chi connectivity index (χ1) is 9.67. The number of carbonyl (C=O) groups is 1. The molecule has 0 amide bonds. The maximum atomic E-state index is 10.4. The molecule has 0 saturated carbocycles. The minimum atomic E-state index is -0.931. The lowest BCUT2D eigenvalue weighted by Crippen LogP contribution is -1.97. The maximum Gasteiger partial charge on any atom is 0.314 e. The van der Waals surface area contributed by atoms with Crippen LogP contribution in [0.5, 0.6) is 5.75 Å². The first kappa shape index (κ1) is 14.7. The van der Waals surface area contributed by atoms with Crippen molar-refractivity contribution in [3.05, 3.63) is 30.2 Å². The van der Waals surface area contributed by atoms with Gasteiger partial charge in [-0.2, -0.15) is 0 Å². The topological polar surface area (TPSA) is 85.5 Å². The summed E-state index contributed by atoms with van der Waals surface area (Å²) in [6.07, 6.45) is 2.00. The molecule has 2 rings (SSSR count). The van der Waals surface area contributed by atoms with Gasteiger partial charge < -0.3 is 14.3 Å². The molecular weight excluding hydrogens is 300 g/mol. The lowest BCUT2D eigenvalue weighted by molar-refractivity contribution is -0.133. The van der Waals surface area contributed by atoms with Crippen molar-refractivity contribution in [2.75, 3.05) is 12.0 Å². The van der Waals surface area contributed by atoms with Gasteiger partial charge in [-0.05, 0) is 30.5 Å². The van der Waals surface area contributed by atoms with E-state index >= 15 is 0 Å². The van der Waals surface area contributed by atoms with Gasteiger partial charge in [0.25, 0.3) is 11.1 Å². The number of nitrogens with zero attached hydrogens (tertiary/aromatic N) is 2. The third-order valence-corrected chi connectivity index (χ3v) is 3.74. The quantitative estimate of drug-likeness (QED) is 0.781. The Morgan fingerprint density at radius 3 is 2.75 bits per heavy atom. The van der Waals surface area contributed by atoms with Crippen LogP contribution in [0.15, 0.2) is 38.8 Å². The number of benzene rings is 1. The summed E-state index contributed by atoms with van der Waals surface area (Å²) in [7, 11) is 0. The molecular formula is C12H12N2O4S2. The van der Waals surface area contributed by atoms with E-state index in [0.29, 0.717) is 11.6 Å². The summed E-state index contributed by atoms with van der Waals surface area (Å²) in [5.41, 5.74) is 0. The zero-order chi connectivity index (χ0) is 14.4. The maximum absolute atomic E-state index is 10.4. The second-order valence-electron chi connectivity index (χ2n) is 3.61. The number of hydrogen-bond donors (Lipinski definition) is 1. The molecule has 0 aliphatic rings. The van der Waals surface area contributed by atoms with Gasteiger partial charge in [-0.1, -0.05) is 11.8 Å². The van der Waals surface area contributed by atoms with Crippen molar-refractivity contribution in [2.24, 2.45) is 0 Å². The Balaban J connectivity index is 1.85. The predicted octanol–water partition coefficient (Wildman–Crippen LogP) is 2.55. The van der Waals surface area contributed by atoms with E-state index in [1.54, 1.807) is 11.8 Å². The molecule has 0 unspecified atom stereocenters. The number of aromatic nitrogens is 2. The monoisotopic (exact) mass is 312 g/mol. The van der Waals surface area contributed by atoms with Crippen molar-refractivity contribution >= 4 is 29.5 Å². The van der Waals surface area contributed by atoms with Gasteiger partial charge in [0.05, 0.1) is 0 Å². The molecule has 0 aliphatic carbocycles. The number of ether oxygens (including phenoxy) is 1. The Labute approximate surface area is 123 Å². The van der Waals surface area contributed by atoms with Crippen LogP contribution in [0.2, 0.25) is 0 Å². The van der Waals surface area contributed by atoms with Crippen LogP contribution in [0.1, 0.15) is 5.89 Å². The van der Waals surface area contributed by atoms with Gasteiger partial charge in [0.15, 0.2) is 6.61 Å². The number of carboxylic acids is 1. The van der Waals surface area contributed by atoms with Crippen LogP contribution >= 0.6 is 23.5 Å². The molecule has 0 radical (unpaired) electrons. The summed E-state index contributed by atoms with van der Waals surface area (Å²) >= 11 is 2.63.